The van der Waals surface area contributed by atoms with Crippen molar-refractivity contribution in [3.8, 4) is 0 Å². The maximum absolute atomic E-state index is 12.2. The summed E-state index contributed by atoms with van der Waals surface area (Å²) in [7, 11) is -2.13. The molecule has 1 fully saturated rings. The number of nitrogens with zero attached hydrogens (tertiary/aromatic N) is 3. The van der Waals surface area contributed by atoms with Gasteiger partial charge in [-0.3, -0.25) is 0 Å². The summed E-state index contributed by atoms with van der Waals surface area (Å²) in [4.78, 5) is 0. The fourth-order valence-electron chi connectivity index (χ4n) is 1.73. The molecule has 0 aromatic carbocycles. The Kier molecular flexibility index (Phi) is 3.27. The van der Waals surface area contributed by atoms with Gasteiger partial charge >= 0.3 is 0 Å². The lowest BCUT2D eigenvalue weighted by Crippen LogP contribution is -2.46. The molecule has 0 amide bonds. The summed E-state index contributed by atoms with van der Waals surface area (Å²) < 4.78 is 33.7. The smallest absolute Gasteiger partial charge is 0.261 e. The fourth-order valence-corrected chi connectivity index (χ4v) is 4.25. The number of rotatable bonds is 3. The molecule has 0 radical (unpaired) electrons. The number of halogens is 1. The zero-order chi connectivity index (χ0) is 12.7. The molecule has 0 spiro atoms. The minimum Gasteiger partial charge on any atom is -0.379 e. The molecule has 0 aliphatic carbocycles. The molecule has 1 aliphatic heterocycles. The van der Waals surface area contributed by atoms with Crippen molar-refractivity contribution in [2.45, 2.75) is 23.9 Å². The summed E-state index contributed by atoms with van der Waals surface area (Å²) in [6.45, 7) is 2.74. The van der Waals surface area contributed by atoms with E-state index in [1.807, 2.05) is 6.92 Å². The number of aryl methyl sites for hydroxylation is 1. The SMILES string of the molecule is Cn1nnc(Br)c1S(=O)(=O)NC1(C)CCOC1. The Hall–Kier alpha value is -0.510. The van der Waals surface area contributed by atoms with Gasteiger partial charge in [0.15, 0.2) is 4.60 Å². The van der Waals surface area contributed by atoms with Crippen molar-refractivity contribution in [3.05, 3.63) is 4.60 Å². The highest BCUT2D eigenvalue weighted by molar-refractivity contribution is 9.10. The van der Waals surface area contributed by atoms with Gasteiger partial charge in [-0.25, -0.2) is 17.8 Å². The van der Waals surface area contributed by atoms with Gasteiger partial charge in [0.05, 0.1) is 12.1 Å². The lowest BCUT2D eigenvalue weighted by molar-refractivity contribution is 0.178. The molecular weight excluding hydrogens is 312 g/mol. The van der Waals surface area contributed by atoms with Crippen molar-refractivity contribution in [2.24, 2.45) is 7.05 Å². The Balaban J connectivity index is 2.31. The van der Waals surface area contributed by atoms with Crippen LogP contribution in [0.4, 0.5) is 0 Å². The Labute approximate surface area is 108 Å². The topological polar surface area (TPSA) is 86.1 Å². The molecular formula is C8H13BrN4O3S. The Bertz CT molecular complexity index is 501. The second-order valence-corrected chi connectivity index (χ2v) is 6.63. The van der Waals surface area contributed by atoms with E-state index in [9.17, 15) is 8.42 Å². The minimum atomic E-state index is -3.66. The van der Waals surface area contributed by atoms with Crippen LogP contribution in [0.15, 0.2) is 9.63 Å². The lowest BCUT2D eigenvalue weighted by atomic mass is 10.0. The number of hydrogen-bond acceptors (Lipinski definition) is 5. The summed E-state index contributed by atoms with van der Waals surface area (Å²) in [5.74, 6) is 0. The number of sulfonamides is 1. The van der Waals surface area contributed by atoms with Crippen LogP contribution in [0.1, 0.15) is 13.3 Å². The zero-order valence-corrected chi connectivity index (χ0v) is 11.9. The third kappa shape index (κ3) is 2.51. The number of aromatic nitrogens is 3. The molecule has 96 valence electrons. The highest BCUT2D eigenvalue weighted by Crippen LogP contribution is 2.23. The molecule has 1 unspecified atom stereocenters. The predicted octanol–water partition coefficient (Wildman–Crippen LogP) is 0.0349. The van der Waals surface area contributed by atoms with E-state index in [0.29, 0.717) is 19.6 Å². The van der Waals surface area contributed by atoms with Crippen LogP contribution in [-0.4, -0.2) is 42.2 Å². The minimum absolute atomic E-state index is 0.0191. The van der Waals surface area contributed by atoms with Gasteiger partial charge in [-0.05, 0) is 29.3 Å². The number of hydrogen-bond donors (Lipinski definition) is 1. The summed E-state index contributed by atoms with van der Waals surface area (Å²) in [6.07, 6.45) is 0.648. The van der Waals surface area contributed by atoms with E-state index in [1.54, 1.807) is 0 Å². The summed E-state index contributed by atoms with van der Waals surface area (Å²) in [5.41, 5.74) is -0.567. The molecule has 17 heavy (non-hydrogen) atoms. The summed E-state index contributed by atoms with van der Waals surface area (Å²) >= 11 is 3.08. The Morgan fingerprint density at radius 1 is 1.59 bits per heavy atom. The van der Waals surface area contributed by atoms with Gasteiger partial charge < -0.3 is 4.74 Å². The zero-order valence-electron chi connectivity index (χ0n) is 9.47. The number of ether oxygens (including phenoxy) is 1. The quantitative estimate of drug-likeness (QED) is 0.848. The van der Waals surface area contributed by atoms with E-state index < -0.39 is 15.6 Å². The van der Waals surface area contributed by atoms with E-state index in [-0.39, 0.29) is 9.63 Å². The molecule has 2 heterocycles. The Morgan fingerprint density at radius 2 is 2.29 bits per heavy atom. The third-order valence-corrected chi connectivity index (χ3v) is 5.12. The van der Waals surface area contributed by atoms with E-state index in [0.717, 1.165) is 0 Å². The van der Waals surface area contributed by atoms with E-state index >= 15 is 0 Å². The van der Waals surface area contributed by atoms with Crippen molar-refractivity contribution in [1.82, 2.24) is 19.7 Å². The number of nitrogens with one attached hydrogen (secondary N) is 1. The van der Waals surface area contributed by atoms with Crippen molar-refractivity contribution in [1.29, 1.82) is 0 Å². The molecule has 7 nitrogen and oxygen atoms in total. The molecule has 0 bridgehead atoms. The van der Waals surface area contributed by atoms with Crippen molar-refractivity contribution >= 4 is 26.0 Å². The van der Waals surface area contributed by atoms with E-state index in [1.165, 1.54) is 11.7 Å². The van der Waals surface area contributed by atoms with Crippen LogP contribution in [0, 0.1) is 0 Å². The first-order valence-corrected chi connectivity index (χ1v) is 7.29. The van der Waals surface area contributed by atoms with E-state index in [4.69, 9.17) is 4.74 Å². The van der Waals surface area contributed by atoms with Crippen LogP contribution in [0.2, 0.25) is 0 Å². The van der Waals surface area contributed by atoms with Gasteiger partial charge in [0.25, 0.3) is 10.0 Å². The molecule has 9 heteroatoms. The molecule has 1 aromatic rings. The first-order valence-electron chi connectivity index (χ1n) is 5.01. The first kappa shape index (κ1) is 12.9. The largest absolute Gasteiger partial charge is 0.379 e. The van der Waals surface area contributed by atoms with Crippen LogP contribution in [-0.2, 0) is 21.8 Å². The summed E-state index contributed by atoms with van der Waals surface area (Å²) in [5, 5.41) is 7.33. The molecule has 1 aliphatic rings. The normalized spacial score (nSPS) is 25.4. The van der Waals surface area contributed by atoms with Gasteiger partial charge in [0, 0.05) is 13.7 Å². The highest BCUT2D eigenvalue weighted by Gasteiger charge is 2.36. The standard InChI is InChI=1S/C8H13BrN4O3S/c1-8(3-4-16-5-8)11-17(14,15)7-6(9)10-12-13(7)2/h11H,3-5H2,1-2H3. The summed E-state index contributed by atoms with van der Waals surface area (Å²) in [6, 6.07) is 0. The van der Waals surface area contributed by atoms with Gasteiger partial charge in [-0.2, -0.15) is 0 Å². The molecule has 1 saturated heterocycles. The van der Waals surface area contributed by atoms with Crippen molar-refractivity contribution in [3.63, 3.8) is 0 Å². The first-order chi connectivity index (χ1) is 7.84. The van der Waals surface area contributed by atoms with Crippen LogP contribution in [0.3, 0.4) is 0 Å². The van der Waals surface area contributed by atoms with Crippen LogP contribution >= 0.6 is 15.9 Å². The second kappa shape index (κ2) is 4.30. The molecule has 2 rings (SSSR count). The van der Waals surface area contributed by atoms with Gasteiger partial charge in [0.1, 0.15) is 0 Å². The average Bonchev–Trinajstić information content (AvgIpc) is 2.73. The second-order valence-electron chi connectivity index (χ2n) is 4.28. The lowest BCUT2D eigenvalue weighted by Gasteiger charge is -2.22. The van der Waals surface area contributed by atoms with Crippen LogP contribution in [0.25, 0.3) is 0 Å². The van der Waals surface area contributed by atoms with Crippen LogP contribution < -0.4 is 4.72 Å². The van der Waals surface area contributed by atoms with Crippen LogP contribution in [0.5, 0.6) is 0 Å². The maximum Gasteiger partial charge on any atom is 0.261 e. The Morgan fingerprint density at radius 3 is 2.76 bits per heavy atom. The fraction of sp³-hybridized carbons (Fsp3) is 0.750. The van der Waals surface area contributed by atoms with Gasteiger partial charge in [-0.1, -0.05) is 5.21 Å². The van der Waals surface area contributed by atoms with Crippen molar-refractivity contribution in [2.75, 3.05) is 13.2 Å². The van der Waals surface area contributed by atoms with E-state index in [2.05, 4.69) is 31.0 Å². The third-order valence-electron chi connectivity index (χ3n) is 2.59. The van der Waals surface area contributed by atoms with Crippen molar-refractivity contribution < 1.29 is 13.2 Å². The maximum atomic E-state index is 12.2. The predicted molar refractivity (Wildman–Crippen MR) is 62.9 cm³/mol. The van der Waals surface area contributed by atoms with Gasteiger partial charge in [0.2, 0.25) is 5.03 Å². The molecule has 1 N–H and O–H groups in total. The average molecular weight is 325 g/mol. The monoisotopic (exact) mass is 324 g/mol. The molecule has 1 atom stereocenters. The molecule has 1 aromatic heterocycles. The molecule has 0 saturated carbocycles. The van der Waals surface area contributed by atoms with Gasteiger partial charge in [-0.15, -0.1) is 5.10 Å². The highest BCUT2D eigenvalue weighted by atomic mass is 79.9.